The van der Waals surface area contributed by atoms with E-state index in [1.165, 1.54) is 0 Å². The fourth-order valence-corrected chi connectivity index (χ4v) is 1.51. The van der Waals surface area contributed by atoms with Gasteiger partial charge in [-0.3, -0.25) is 4.79 Å². The number of rotatable bonds is 5. The van der Waals surface area contributed by atoms with Crippen molar-refractivity contribution in [2.24, 2.45) is 0 Å². The lowest BCUT2D eigenvalue weighted by molar-refractivity contribution is -0.148. The van der Waals surface area contributed by atoms with E-state index in [1.807, 2.05) is 5.32 Å². The summed E-state index contributed by atoms with van der Waals surface area (Å²) < 4.78 is 40.3. The van der Waals surface area contributed by atoms with Crippen molar-refractivity contribution < 1.29 is 32.6 Å². The Bertz CT molecular complexity index is 326. The maximum absolute atomic E-state index is 11.8. The Labute approximate surface area is 100 Å². The molecule has 1 amide bonds. The molecule has 1 heterocycles. The number of nitrogens with one attached hydrogen (secondary N) is 2. The maximum Gasteiger partial charge on any atom is 0.401 e. The summed E-state index contributed by atoms with van der Waals surface area (Å²) >= 11 is 0. The largest absolute Gasteiger partial charge is 0.479 e. The minimum absolute atomic E-state index is 0.0906. The van der Waals surface area contributed by atoms with Crippen molar-refractivity contribution in [2.45, 2.75) is 18.1 Å². The van der Waals surface area contributed by atoms with Crippen molar-refractivity contribution in [3.05, 3.63) is 0 Å². The van der Waals surface area contributed by atoms with Gasteiger partial charge in [-0.25, -0.2) is 4.79 Å². The summed E-state index contributed by atoms with van der Waals surface area (Å²) in [7, 11) is 0. The lowest BCUT2D eigenvalue weighted by atomic mass is 9.99. The number of carbonyl (C=O) groups excluding carboxylic acids is 1. The first kappa shape index (κ1) is 14.7. The molecule has 0 aromatic heterocycles. The maximum atomic E-state index is 11.8. The molecule has 0 radical (unpaired) electrons. The third kappa shape index (κ3) is 4.15. The van der Waals surface area contributed by atoms with Crippen LogP contribution in [0.15, 0.2) is 0 Å². The van der Waals surface area contributed by atoms with Gasteiger partial charge in [-0.15, -0.1) is 0 Å². The van der Waals surface area contributed by atoms with E-state index in [2.05, 4.69) is 5.32 Å². The van der Waals surface area contributed by atoms with E-state index in [9.17, 15) is 22.8 Å². The first-order valence-corrected chi connectivity index (χ1v) is 5.15. The van der Waals surface area contributed by atoms with Gasteiger partial charge in [0.1, 0.15) is 0 Å². The zero-order valence-corrected chi connectivity index (χ0v) is 9.34. The number of carbonyl (C=O) groups is 2. The summed E-state index contributed by atoms with van der Waals surface area (Å²) in [4.78, 5) is 22.3. The molecule has 0 bridgehead atoms. The SMILES string of the molecule is O=C(CNCC(F)(F)F)NC1(C(=O)O)CCOC1. The van der Waals surface area contributed by atoms with E-state index < -0.39 is 36.7 Å². The minimum Gasteiger partial charge on any atom is -0.479 e. The zero-order chi connectivity index (χ0) is 13.8. The Morgan fingerprint density at radius 2 is 2.06 bits per heavy atom. The van der Waals surface area contributed by atoms with Crippen molar-refractivity contribution in [3.8, 4) is 0 Å². The number of hydrogen-bond acceptors (Lipinski definition) is 4. The molecule has 1 rings (SSSR count). The molecule has 0 aromatic carbocycles. The van der Waals surface area contributed by atoms with Gasteiger partial charge in [-0.2, -0.15) is 13.2 Å². The molecule has 0 saturated carbocycles. The number of carboxylic acids is 1. The van der Waals surface area contributed by atoms with E-state index in [4.69, 9.17) is 9.84 Å². The van der Waals surface area contributed by atoms with E-state index in [0.29, 0.717) is 0 Å². The normalized spacial score (nSPS) is 23.9. The third-order valence-electron chi connectivity index (χ3n) is 2.42. The molecule has 6 nitrogen and oxygen atoms in total. The highest BCUT2D eigenvalue weighted by Crippen LogP contribution is 2.18. The van der Waals surface area contributed by atoms with E-state index in [-0.39, 0.29) is 19.6 Å². The van der Waals surface area contributed by atoms with Gasteiger partial charge < -0.3 is 20.5 Å². The summed E-state index contributed by atoms with van der Waals surface area (Å²) in [6, 6.07) is 0. The average Bonchev–Trinajstić information content (AvgIpc) is 2.65. The van der Waals surface area contributed by atoms with Gasteiger partial charge in [0, 0.05) is 13.0 Å². The van der Waals surface area contributed by atoms with E-state index in [1.54, 1.807) is 0 Å². The molecular formula is C9H13F3N2O4. The molecule has 1 aliphatic rings. The molecule has 0 aliphatic carbocycles. The molecule has 1 unspecified atom stereocenters. The van der Waals surface area contributed by atoms with Gasteiger partial charge in [0.2, 0.25) is 5.91 Å². The topological polar surface area (TPSA) is 87.7 Å². The number of alkyl halides is 3. The molecule has 1 aliphatic heterocycles. The van der Waals surface area contributed by atoms with E-state index >= 15 is 0 Å². The smallest absolute Gasteiger partial charge is 0.401 e. The van der Waals surface area contributed by atoms with Crippen LogP contribution >= 0.6 is 0 Å². The Kier molecular flexibility index (Phi) is 4.52. The van der Waals surface area contributed by atoms with Crippen LogP contribution in [0.4, 0.5) is 13.2 Å². The van der Waals surface area contributed by atoms with Gasteiger partial charge >= 0.3 is 12.1 Å². The summed E-state index contributed by atoms with van der Waals surface area (Å²) in [6.07, 6.45) is -4.32. The zero-order valence-electron chi connectivity index (χ0n) is 9.34. The van der Waals surface area contributed by atoms with Gasteiger partial charge in [0.15, 0.2) is 5.54 Å². The molecule has 104 valence electrons. The van der Waals surface area contributed by atoms with Crippen LogP contribution in [0, 0.1) is 0 Å². The van der Waals surface area contributed by atoms with Crippen LogP contribution in [0.2, 0.25) is 0 Å². The first-order valence-electron chi connectivity index (χ1n) is 5.15. The van der Waals surface area contributed by atoms with E-state index in [0.717, 1.165) is 0 Å². The van der Waals surface area contributed by atoms with Gasteiger partial charge in [-0.05, 0) is 0 Å². The number of ether oxygens (including phenoxy) is 1. The molecule has 0 spiro atoms. The van der Waals surface area contributed by atoms with Crippen molar-refractivity contribution in [1.82, 2.24) is 10.6 Å². The molecule has 18 heavy (non-hydrogen) atoms. The Hall–Kier alpha value is -1.35. The fraction of sp³-hybridized carbons (Fsp3) is 0.778. The molecule has 9 heteroatoms. The summed E-state index contributed by atoms with van der Waals surface area (Å²) in [5.41, 5.74) is -1.53. The number of halogens is 3. The molecule has 3 N–H and O–H groups in total. The number of hydrogen-bond donors (Lipinski definition) is 3. The lowest BCUT2D eigenvalue weighted by Crippen LogP contribution is -2.57. The van der Waals surface area contributed by atoms with Crippen molar-refractivity contribution in [3.63, 3.8) is 0 Å². The Morgan fingerprint density at radius 3 is 2.50 bits per heavy atom. The van der Waals surface area contributed by atoms with Crippen LogP contribution in [0.5, 0.6) is 0 Å². The lowest BCUT2D eigenvalue weighted by Gasteiger charge is -2.23. The molecule has 1 fully saturated rings. The molecular weight excluding hydrogens is 257 g/mol. The van der Waals surface area contributed by atoms with Crippen molar-refractivity contribution in [1.29, 1.82) is 0 Å². The number of amides is 1. The quantitative estimate of drug-likeness (QED) is 0.627. The van der Waals surface area contributed by atoms with Crippen molar-refractivity contribution in [2.75, 3.05) is 26.3 Å². The molecule has 0 aromatic rings. The second kappa shape index (κ2) is 5.53. The highest BCUT2D eigenvalue weighted by Gasteiger charge is 2.43. The van der Waals surface area contributed by atoms with Crippen LogP contribution in [0.1, 0.15) is 6.42 Å². The highest BCUT2D eigenvalue weighted by molar-refractivity contribution is 5.88. The summed E-state index contributed by atoms with van der Waals surface area (Å²) in [5.74, 6) is -2.07. The van der Waals surface area contributed by atoms with Crippen LogP contribution in [0.3, 0.4) is 0 Å². The Balaban J connectivity index is 2.41. The Morgan fingerprint density at radius 1 is 1.39 bits per heavy atom. The van der Waals surface area contributed by atoms with Gasteiger partial charge in [0.05, 0.1) is 19.7 Å². The van der Waals surface area contributed by atoms with Crippen LogP contribution in [-0.4, -0.2) is 55.0 Å². The predicted molar refractivity (Wildman–Crippen MR) is 52.9 cm³/mol. The molecule has 1 atom stereocenters. The highest BCUT2D eigenvalue weighted by atomic mass is 19.4. The number of aliphatic carboxylic acids is 1. The second-order valence-corrected chi connectivity index (χ2v) is 3.96. The second-order valence-electron chi connectivity index (χ2n) is 3.96. The summed E-state index contributed by atoms with van der Waals surface area (Å²) in [5, 5.41) is 13.0. The fourth-order valence-electron chi connectivity index (χ4n) is 1.51. The van der Waals surface area contributed by atoms with Crippen LogP contribution in [-0.2, 0) is 14.3 Å². The predicted octanol–water partition coefficient (Wildman–Crippen LogP) is -0.502. The van der Waals surface area contributed by atoms with Crippen LogP contribution < -0.4 is 10.6 Å². The number of carboxylic acid groups (broad SMARTS) is 1. The summed E-state index contributed by atoms with van der Waals surface area (Å²) in [6.45, 7) is -1.92. The van der Waals surface area contributed by atoms with Crippen LogP contribution in [0.25, 0.3) is 0 Å². The molecule has 1 saturated heterocycles. The van der Waals surface area contributed by atoms with Gasteiger partial charge in [0.25, 0.3) is 0 Å². The first-order chi connectivity index (χ1) is 8.25. The minimum atomic E-state index is -4.42. The monoisotopic (exact) mass is 270 g/mol. The standard InChI is InChI=1S/C9H13F3N2O4/c10-9(11,12)4-13-3-6(15)14-8(7(16)17)1-2-18-5-8/h13H,1-5H2,(H,14,15)(H,16,17). The van der Waals surface area contributed by atoms with Gasteiger partial charge in [-0.1, -0.05) is 0 Å². The average molecular weight is 270 g/mol. The van der Waals surface area contributed by atoms with Crippen molar-refractivity contribution >= 4 is 11.9 Å². The third-order valence-corrected chi connectivity index (χ3v) is 2.42.